The molecule has 0 spiro atoms. The van der Waals surface area contributed by atoms with Gasteiger partial charge in [0.1, 0.15) is 11.6 Å². The molecular formula is C26H29F2N5O. The highest BCUT2D eigenvalue weighted by molar-refractivity contribution is 6.01. The number of nitrogens with zero attached hydrogens (tertiary/aromatic N) is 4. The number of aromatic nitrogens is 2. The third-order valence-electron chi connectivity index (χ3n) is 7.81. The van der Waals surface area contributed by atoms with Crippen molar-refractivity contribution >= 4 is 17.1 Å². The number of pyridine rings is 1. The van der Waals surface area contributed by atoms with Crippen LogP contribution in [0.3, 0.4) is 0 Å². The summed E-state index contributed by atoms with van der Waals surface area (Å²) in [5.74, 6) is -0.924. The molecule has 8 heteroatoms. The van der Waals surface area contributed by atoms with Gasteiger partial charge in [0.25, 0.3) is 5.91 Å². The number of anilines is 1. The number of nitrogens with one attached hydrogen (secondary N) is 1. The molecule has 3 unspecified atom stereocenters. The summed E-state index contributed by atoms with van der Waals surface area (Å²) in [5.41, 5.74) is 2.52. The van der Waals surface area contributed by atoms with E-state index in [1.807, 2.05) is 18.3 Å². The molecule has 6 nitrogen and oxygen atoms in total. The summed E-state index contributed by atoms with van der Waals surface area (Å²) in [6, 6.07) is 8.04. The summed E-state index contributed by atoms with van der Waals surface area (Å²) >= 11 is 0. The summed E-state index contributed by atoms with van der Waals surface area (Å²) < 4.78 is 30.1. The molecule has 1 N–H and O–H groups in total. The summed E-state index contributed by atoms with van der Waals surface area (Å²) in [5, 5.41) is 7.62. The van der Waals surface area contributed by atoms with Crippen LogP contribution in [0.2, 0.25) is 0 Å². The Morgan fingerprint density at radius 3 is 2.82 bits per heavy atom. The fraction of sp³-hybridized carbons (Fsp3) is 0.462. The first-order chi connectivity index (χ1) is 16.6. The number of benzene rings is 1. The zero-order chi connectivity index (χ0) is 23.2. The average Bonchev–Trinajstić information content (AvgIpc) is 3.59. The number of piperidine rings is 1. The van der Waals surface area contributed by atoms with Gasteiger partial charge in [-0.05, 0) is 75.4 Å². The van der Waals surface area contributed by atoms with Gasteiger partial charge < -0.3 is 15.1 Å². The molecule has 2 aromatic heterocycles. The summed E-state index contributed by atoms with van der Waals surface area (Å²) in [7, 11) is 0. The van der Waals surface area contributed by atoms with Crippen molar-refractivity contribution in [3.8, 4) is 0 Å². The molecule has 3 aliphatic heterocycles. The van der Waals surface area contributed by atoms with Gasteiger partial charge in [0.05, 0.1) is 23.3 Å². The Kier molecular flexibility index (Phi) is 5.48. The van der Waals surface area contributed by atoms with Crippen molar-refractivity contribution in [2.45, 2.75) is 56.7 Å². The second kappa shape index (κ2) is 8.65. The van der Waals surface area contributed by atoms with Crippen molar-refractivity contribution in [3.05, 3.63) is 65.5 Å². The first-order valence-corrected chi connectivity index (χ1v) is 12.3. The third-order valence-corrected chi connectivity index (χ3v) is 7.81. The Balaban J connectivity index is 1.25. The molecule has 0 aliphatic carbocycles. The molecule has 1 amide bonds. The molecule has 3 aromatic rings. The number of amides is 1. The topological polar surface area (TPSA) is 52.9 Å². The maximum Gasteiger partial charge on any atom is 0.255 e. The molecule has 3 fully saturated rings. The minimum absolute atomic E-state index is 0.0993. The molecule has 1 aromatic carbocycles. The van der Waals surface area contributed by atoms with Crippen molar-refractivity contribution in [3.63, 3.8) is 0 Å². The number of halogens is 2. The van der Waals surface area contributed by atoms with E-state index in [0.29, 0.717) is 17.2 Å². The van der Waals surface area contributed by atoms with E-state index in [1.165, 1.54) is 31.5 Å². The summed E-state index contributed by atoms with van der Waals surface area (Å²) in [6.07, 6.45) is 9.53. The first kappa shape index (κ1) is 21.5. The molecule has 3 atom stereocenters. The highest BCUT2D eigenvalue weighted by Crippen LogP contribution is 2.38. The molecule has 0 radical (unpaired) electrons. The van der Waals surface area contributed by atoms with E-state index in [2.05, 4.69) is 20.2 Å². The molecule has 0 saturated carbocycles. The zero-order valence-corrected chi connectivity index (χ0v) is 19.1. The summed E-state index contributed by atoms with van der Waals surface area (Å²) in [6.45, 7) is 2.97. The lowest BCUT2D eigenvalue weighted by Gasteiger charge is -2.35. The van der Waals surface area contributed by atoms with Crippen LogP contribution in [0.4, 0.5) is 14.5 Å². The Bertz CT molecular complexity index is 1230. The van der Waals surface area contributed by atoms with Crippen molar-refractivity contribution in [1.82, 2.24) is 19.8 Å². The van der Waals surface area contributed by atoms with E-state index in [-0.39, 0.29) is 18.0 Å². The maximum atomic E-state index is 14.5. The maximum absolute atomic E-state index is 14.5. The van der Waals surface area contributed by atoms with Gasteiger partial charge in [-0.2, -0.15) is 5.10 Å². The lowest BCUT2D eigenvalue weighted by molar-refractivity contribution is 0.0898. The standard InChI is InChI=1S/C26H29F2N5O/c27-17-5-6-23(28)21(13-17)24-4-2-10-32(24)20-8-12-33-25(15-20)22(16-29-33)26(34)30-18-7-11-31-9-1-3-19(31)14-18/h5-6,8,12-13,15-16,18-19,24H,1-4,7,9-11,14H2,(H,30,34). The van der Waals surface area contributed by atoms with Crippen LogP contribution in [0.15, 0.2) is 42.7 Å². The van der Waals surface area contributed by atoms with E-state index in [4.69, 9.17) is 0 Å². The van der Waals surface area contributed by atoms with Gasteiger partial charge in [-0.3, -0.25) is 4.79 Å². The third kappa shape index (κ3) is 3.83. The van der Waals surface area contributed by atoms with Crippen LogP contribution >= 0.6 is 0 Å². The monoisotopic (exact) mass is 465 g/mol. The van der Waals surface area contributed by atoms with Crippen LogP contribution in [0.25, 0.3) is 5.52 Å². The molecule has 0 bridgehead atoms. The number of carbonyl (C=O) groups excluding carboxylic acids is 1. The Morgan fingerprint density at radius 1 is 1.03 bits per heavy atom. The normalized spacial score (nSPS) is 25.1. The fourth-order valence-corrected chi connectivity index (χ4v) is 6.11. The molecule has 6 rings (SSSR count). The lowest BCUT2D eigenvalue weighted by Crippen LogP contribution is -2.47. The van der Waals surface area contributed by atoms with E-state index in [9.17, 15) is 13.6 Å². The smallest absolute Gasteiger partial charge is 0.255 e. The van der Waals surface area contributed by atoms with Gasteiger partial charge in [-0.1, -0.05) is 0 Å². The van der Waals surface area contributed by atoms with Gasteiger partial charge in [0.2, 0.25) is 0 Å². The van der Waals surface area contributed by atoms with E-state index >= 15 is 0 Å². The Morgan fingerprint density at radius 2 is 1.91 bits per heavy atom. The van der Waals surface area contributed by atoms with E-state index < -0.39 is 11.6 Å². The predicted octanol–water partition coefficient (Wildman–Crippen LogP) is 4.31. The van der Waals surface area contributed by atoms with Crippen molar-refractivity contribution in [2.24, 2.45) is 0 Å². The Hall–Kier alpha value is -3.00. The predicted molar refractivity (Wildman–Crippen MR) is 126 cm³/mol. The highest BCUT2D eigenvalue weighted by atomic mass is 19.1. The van der Waals surface area contributed by atoms with Crippen molar-refractivity contribution < 1.29 is 13.6 Å². The van der Waals surface area contributed by atoms with Crippen LogP contribution in [-0.2, 0) is 0 Å². The molecular weight excluding hydrogens is 436 g/mol. The van der Waals surface area contributed by atoms with Gasteiger partial charge in [-0.15, -0.1) is 0 Å². The average molecular weight is 466 g/mol. The van der Waals surface area contributed by atoms with Crippen molar-refractivity contribution in [2.75, 3.05) is 24.5 Å². The minimum atomic E-state index is -0.433. The number of hydrogen-bond donors (Lipinski definition) is 1. The quantitative estimate of drug-likeness (QED) is 0.624. The van der Waals surface area contributed by atoms with Crippen LogP contribution in [0, 0.1) is 11.6 Å². The molecule has 5 heterocycles. The molecule has 34 heavy (non-hydrogen) atoms. The van der Waals surface area contributed by atoms with Crippen molar-refractivity contribution in [1.29, 1.82) is 0 Å². The van der Waals surface area contributed by atoms with E-state index in [1.54, 1.807) is 10.7 Å². The second-order valence-corrected chi connectivity index (χ2v) is 9.82. The van der Waals surface area contributed by atoms with Crippen LogP contribution < -0.4 is 10.2 Å². The Labute approximate surface area is 197 Å². The van der Waals surface area contributed by atoms with E-state index in [0.717, 1.165) is 56.0 Å². The van der Waals surface area contributed by atoms with Gasteiger partial charge in [-0.25, -0.2) is 13.3 Å². The number of hydrogen-bond acceptors (Lipinski definition) is 4. The van der Waals surface area contributed by atoms with Gasteiger partial charge in [0, 0.05) is 42.6 Å². The number of fused-ring (bicyclic) bond motifs is 2. The SMILES string of the molecule is O=C(NC1CCN2CCCC2C1)c1cnn2ccc(N3CCCC3c3cc(F)ccc3F)cc12. The zero-order valence-electron chi connectivity index (χ0n) is 19.1. The summed E-state index contributed by atoms with van der Waals surface area (Å²) in [4.78, 5) is 17.8. The fourth-order valence-electron chi connectivity index (χ4n) is 6.11. The first-order valence-electron chi connectivity index (χ1n) is 12.3. The van der Waals surface area contributed by atoms with Crippen LogP contribution in [-0.4, -0.2) is 52.1 Å². The number of rotatable bonds is 4. The number of carbonyl (C=O) groups is 1. The second-order valence-electron chi connectivity index (χ2n) is 9.82. The molecule has 178 valence electrons. The highest BCUT2D eigenvalue weighted by Gasteiger charge is 2.33. The van der Waals surface area contributed by atoms with Crippen LogP contribution in [0.5, 0.6) is 0 Å². The minimum Gasteiger partial charge on any atom is -0.364 e. The van der Waals surface area contributed by atoms with Crippen LogP contribution in [0.1, 0.15) is 60.5 Å². The van der Waals surface area contributed by atoms with Gasteiger partial charge in [0.15, 0.2) is 0 Å². The lowest BCUT2D eigenvalue weighted by atomic mass is 9.97. The molecule has 3 saturated heterocycles. The molecule has 3 aliphatic rings. The largest absolute Gasteiger partial charge is 0.364 e. The van der Waals surface area contributed by atoms with Gasteiger partial charge >= 0.3 is 0 Å².